The Morgan fingerprint density at radius 1 is 1.12 bits per heavy atom. The molecule has 4 nitrogen and oxygen atoms in total. The summed E-state index contributed by atoms with van der Waals surface area (Å²) in [7, 11) is 1.68. The van der Waals surface area contributed by atoms with Crippen LogP contribution in [0.15, 0.2) is 34.0 Å². The average Bonchev–Trinajstić information content (AvgIpc) is 2.39. The molecule has 0 bridgehead atoms. The van der Waals surface area contributed by atoms with Gasteiger partial charge in [-0.3, -0.25) is 4.79 Å². The molecule has 0 fully saturated rings. The fourth-order valence-corrected chi connectivity index (χ4v) is 3.55. The molecular formula is C13H7Cl2F4NO3S. The van der Waals surface area contributed by atoms with E-state index in [2.05, 4.69) is 0 Å². The van der Waals surface area contributed by atoms with Crippen LogP contribution in [0.3, 0.4) is 0 Å². The maximum absolute atomic E-state index is 14.1. The molecule has 0 atom stereocenters. The molecule has 2 rings (SSSR count). The Labute approximate surface area is 142 Å². The molecule has 0 amide bonds. The van der Waals surface area contributed by atoms with Crippen molar-refractivity contribution in [1.29, 1.82) is 0 Å². The normalized spacial score (nSPS) is 12.5. The Kier molecular flexibility index (Phi) is 4.73. The van der Waals surface area contributed by atoms with Crippen LogP contribution in [-0.2, 0) is 22.3 Å². The topological polar surface area (TPSA) is 56.1 Å². The Bertz CT molecular complexity index is 984. The molecule has 24 heavy (non-hydrogen) atoms. The third kappa shape index (κ3) is 3.42. The maximum atomic E-state index is 14.1. The Hall–Kier alpha value is -1.58. The van der Waals surface area contributed by atoms with Crippen molar-refractivity contribution in [1.82, 2.24) is 4.57 Å². The summed E-state index contributed by atoms with van der Waals surface area (Å²) in [5.74, 6) is -1.08. The van der Waals surface area contributed by atoms with E-state index in [4.69, 9.17) is 22.3 Å². The van der Waals surface area contributed by atoms with Gasteiger partial charge in [0.2, 0.25) is 0 Å². The van der Waals surface area contributed by atoms with Gasteiger partial charge in [0.15, 0.2) is 0 Å². The minimum atomic E-state index is -4.78. The summed E-state index contributed by atoms with van der Waals surface area (Å²) >= 11 is 5.59. The van der Waals surface area contributed by atoms with E-state index in [-0.39, 0.29) is 4.57 Å². The van der Waals surface area contributed by atoms with Gasteiger partial charge in [0.05, 0.1) is 10.6 Å². The van der Waals surface area contributed by atoms with Crippen molar-refractivity contribution in [2.24, 2.45) is 7.05 Å². The van der Waals surface area contributed by atoms with Crippen molar-refractivity contribution in [2.45, 2.75) is 11.1 Å². The van der Waals surface area contributed by atoms with Gasteiger partial charge in [-0.15, -0.1) is 0 Å². The van der Waals surface area contributed by atoms with Gasteiger partial charge in [-0.05, 0) is 24.3 Å². The van der Waals surface area contributed by atoms with Gasteiger partial charge in [-0.2, -0.15) is 13.2 Å². The third-order valence-corrected chi connectivity index (χ3v) is 4.96. The molecule has 1 aromatic carbocycles. The van der Waals surface area contributed by atoms with Gasteiger partial charge in [0.25, 0.3) is 14.6 Å². The van der Waals surface area contributed by atoms with Gasteiger partial charge in [-0.25, -0.2) is 12.8 Å². The van der Waals surface area contributed by atoms with Crippen LogP contribution in [0.5, 0.6) is 0 Å². The number of nitrogens with zero attached hydrogens (tertiary/aromatic N) is 1. The number of aromatic nitrogens is 1. The van der Waals surface area contributed by atoms with Crippen molar-refractivity contribution >= 4 is 31.3 Å². The molecule has 0 saturated heterocycles. The predicted molar refractivity (Wildman–Crippen MR) is 80.1 cm³/mol. The molecular weight excluding hydrogens is 397 g/mol. The first-order valence-corrected chi connectivity index (χ1v) is 8.74. The summed E-state index contributed by atoms with van der Waals surface area (Å²) in [4.78, 5) is 11.5. The fraction of sp³-hybridized carbons (Fsp3) is 0.154. The molecule has 0 aliphatic carbocycles. The summed E-state index contributed by atoms with van der Waals surface area (Å²) < 4.78 is 75.5. The van der Waals surface area contributed by atoms with E-state index in [9.17, 15) is 30.8 Å². The molecule has 0 N–H and O–H groups in total. The van der Waals surface area contributed by atoms with Crippen LogP contribution in [0.4, 0.5) is 17.6 Å². The first-order valence-electron chi connectivity index (χ1n) is 6.05. The quantitative estimate of drug-likeness (QED) is 0.566. The monoisotopic (exact) mass is 403 g/mol. The number of halogens is 6. The van der Waals surface area contributed by atoms with E-state index in [1.54, 1.807) is 0 Å². The molecule has 130 valence electrons. The highest BCUT2D eigenvalue weighted by atomic mass is 35.7. The van der Waals surface area contributed by atoms with E-state index in [0.29, 0.717) is 18.2 Å². The second-order valence-electron chi connectivity index (χ2n) is 4.69. The highest BCUT2D eigenvalue weighted by Gasteiger charge is 2.34. The van der Waals surface area contributed by atoms with E-state index in [1.165, 1.54) is 0 Å². The number of rotatable bonds is 2. The fourth-order valence-electron chi connectivity index (χ4n) is 2.05. The van der Waals surface area contributed by atoms with E-state index < -0.39 is 53.3 Å². The van der Waals surface area contributed by atoms with Crippen LogP contribution in [-0.4, -0.2) is 13.0 Å². The van der Waals surface area contributed by atoms with Crippen LogP contribution in [0.2, 0.25) is 5.02 Å². The lowest BCUT2D eigenvalue weighted by molar-refractivity contribution is -0.143. The minimum Gasteiger partial charge on any atom is -0.307 e. The van der Waals surface area contributed by atoms with Crippen molar-refractivity contribution in [3.8, 4) is 11.1 Å². The molecule has 1 aromatic heterocycles. The highest BCUT2D eigenvalue weighted by Crippen LogP contribution is 2.33. The van der Waals surface area contributed by atoms with Crippen molar-refractivity contribution in [2.75, 3.05) is 0 Å². The number of alkyl halides is 3. The van der Waals surface area contributed by atoms with E-state index in [0.717, 1.165) is 13.1 Å². The first kappa shape index (κ1) is 18.8. The zero-order chi connectivity index (χ0) is 18.4. The second kappa shape index (κ2) is 6.05. The summed E-state index contributed by atoms with van der Waals surface area (Å²) in [6.07, 6.45) is -4.78. The lowest BCUT2D eigenvalue weighted by Crippen LogP contribution is -2.26. The molecule has 0 radical (unpaired) electrons. The predicted octanol–water partition coefficient (Wildman–Crippen LogP) is 3.79. The number of benzene rings is 1. The van der Waals surface area contributed by atoms with Crippen LogP contribution in [0, 0.1) is 5.82 Å². The van der Waals surface area contributed by atoms with Crippen molar-refractivity contribution in [3.05, 3.63) is 51.2 Å². The maximum Gasteiger partial charge on any atom is 0.431 e. The van der Waals surface area contributed by atoms with Gasteiger partial charge in [0, 0.05) is 23.3 Å². The average molecular weight is 404 g/mol. The molecule has 2 aromatic rings. The minimum absolute atomic E-state index is 0.290. The number of hydrogen-bond donors (Lipinski definition) is 0. The lowest BCUT2D eigenvalue weighted by atomic mass is 10.1. The molecule has 0 saturated carbocycles. The highest BCUT2D eigenvalue weighted by molar-refractivity contribution is 8.13. The summed E-state index contributed by atoms with van der Waals surface area (Å²) in [5.41, 5.74) is -3.41. The van der Waals surface area contributed by atoms with E-state index in [1.807, 2.05) is 0 Å². The largest absolute Gasteiger partial charge is 0.431 e. The zero-order valence-corrected chi connectivity index (χ0v) is 14.0. The van der Waals surface area contributed by atoms with Gasteiger partial charge in [0.1, 0.15) is 16.4 Å². The smallest absolute Gasteiger partial charge is 0.307 e. The molecule has 1 heterocycles. The Morgan fingerprint density at radius 2 is 1.71 bits per heavy atom. The van der Waals surface area contributed by atoms with Crippen LogP contribution in [0.25, 0.3) is 11.1 Å². The molecule has 0 unspecified atom stereocenters. The molecule has 0 aliphatic rings. The number of hydrogen-bond acceptors (Lipinski definition) is 3. The summed E-state index contributed by atoms with van der Waals surface area (Å²) in [5, 5.41) is -0.519. The molecule has 0 aliphatic heterocycles. The SMILES string of the molecule is Cn1c(C(F)(F)F)ccc(-c2cc(S(=O)(=O)Cl)c(Cl)cc2F)c1=O. The first-order chi connectivity index (χ1) is 10.8. The van der Waals surface area contributed by atoms with Crippen molar-refractivity contribution in [3.63, 3.8) is 0 Å². The number of pyridine rings is 1. The molecule has 0 spiro atoms. The lowest BCUT2D eigenvalue weighted by Gasteiger charge is -2.14. The van der Waals surface area contributed by atoms with Crippen LogP contribution < -0.4 is 5.56 Å². The van der Waals surface area contributed by atoms with Crippen LogP contribution in [0.1, 0.15) is 5.69 Å². The Balaban J connectivity index is 2.79. The van der Waals surface area contributed by atoms with E-state index >= 15 is 0 Å². The second-order valence-corrected chi connectivity index (χ2v) is 7.64. The zero-order valence-electron chi connectivity index (χ0n) is 11.7. The summed E-state index contributed by atoms with van der Waals surface area (Å²) in [6.45, 7) is 0. The Morgan fingerprint density at radius 3 is 2.21 bits per heavy atom. The molecule has 11 heteroatoms. The summed E-state index contributed by atoms with van der Waals surface area (Å²) in [6, 6.07) is 2.65. The third-order valence-electron chi connectivity index (χ3n) is 3.17. The van der Waals surface area contributed by atoms with Crippen LogP contribution >= 0.6 is 22.3 Å². The van der Waals surface area contributed by atoms with Gasteiger partial charge in [-0.1, -0.05) is 11.6 Å². The van der Waals surface area contributed by atoms with Crippen molar-refractivity contribution < 1.29 is 26.0 Å². The van der Waals surface area contributed by atoms with Gasteiger partial charge < -0.3 is 4.57 Å². The standard InChI is InChI=1S/C13H7Cl2F4NO3S/c1-20-11(13(17,18)19)3-2-6(12(20)21)7-4-10(24(15,22)23)8(14)5-9(7)16/h2-5H,1H3. The van der Waals surface area contributed by atoms with Gasteiger partial charge >= 0.3 is 6.18 Å².